The molecule has 0 radical (unpaired) electrons. The largest absolute Gasteiger partial charge is 0.496 e. The summed E-state index contributed by atoms with van der Waals surface area (Å²) in [4.78, 5) is 32.0. The maximum atomic E-state index is 13.0. The topological polar surface area (TPSA) is 115 Å². The zero-order valence-corrected chi connectivity index (χ0v) is 17.8. The Morgan fingerprint density at radius 3 is 2.53 bits per heavy atom. The third-order valence-corrected chi connectivity index (χ3v) is 5.60. The first-order valence-corrected chi connectivity index (χ1v) is 10.2. The molecule has 2 heterocycles. The summed E-state index contributed by atoms with van der Waals surface area (Å²) < 4.78 is 10.7. The molecule has 1 aromatic heterocycles. The van der Waals surface area contributed by atoms with E-state index in [0.29, 0.717) is 43.6 Å². The van der Waals surface area contributed by atoms with Crippen molar-refractivity contribution in [3.63, 3.8) is 0 Å². The Kier molecular flexibility index (Phi) is 6.13. The van der Waals surface area contributed by atoms with Gasteiger partial charge in [-0.05, 0) is 13.0 Å². The summed E-state index contributed by atoms with van der Waals surface area (Å²) in [5, 5.41) is 15.2. The van der Waals surface area contributed by atoms with Gasteiger partial charge in [-0.2, -0.15) is 4.98 Å². The molecule has 166 valence electrons. The zero-order chi connectivity index (χ0) is 22.7. The quantitative estimate of drug-likeness (QED) is 0.427. The lowest BCUT2D eigenvalue weighted by molar-refractivity contribution is -0.384. The van der Waals surface area contributed by atoms with E-state index in [1.165, 1.54) is 25.3 Å². The van der Waals surface area contributed by atoms with Crippen molar-refractivity contribution in [3.05, 3.63) is 70.1 Å². The van der Waals surface area contributed by atoms with Crippen LogP contribution in [0.2, 0.25) is 0 Å². The number of carbonyl (C=O) groups is 1. The Balaban J connectivity index is 1.42. The van der Waals surface area contributed by atoms with Gasteiger partial charge in [-0.1, -0.05) is 35.5 Å². The molecule has 0 N–H and O–H groups in total. The van der Waals surface area contributed by atoms with Crippen LogP contribution in [-0.4, -0.2) is 64.1 Å². The molecule has 0 saturated carbocycles. The van der Waals surface area contributed by atoms with Gasteiger partial charge in [0.2, 0.25) is 11.7 Å². The lowest BCUT2D eigenvalue weighted by Crippen LogP contribution is -2.49. The standard InChI is InChI=1S/C22H23N5O5/c1-15(21-23-20(24-32-21)16-6-4-3-5-7-16)25-10-12-26(13-11-25)22(28)18-14-17(27(29)30)8-9-19(18)31-2/h3-9,14-15H,10-13H2,1-2H3. The maximum absolute atomic E-state index is 13.0. The number of nitrogens with zero attached hydrogens (tertiary/aromatic N) is 5. The smallest absolute Gasteiger partial charge is 0.270 e. The van der Waals surface area contributed by atoms with Gasteiger partial charge in [0.1, 0.15) is 5.75 Å². The minimum absolute atomic E-state index is 0.107. The molecule has 1 fully saturated rings. The highest BCUT2D eigenvalue weighted by Gasteiger charge is 2.30. The van der Waals surface area contributed by atoms with E-state index in [4.69, 9.17) is 9.26 Å². The molecular formula is C22H23N5O5. The Bertz CT molecular complexity index is 1110. The molecule has 1 atom stereocenters. The first kappa shape index (κ1) is 21.4. The minimum Gasteiger partial charge on any atom is -0.496 e. The number of amides is 1. The molecule has 10 heteroatoms. The van der Waals surface area contributed by atoms with Crippen LogP contribution in [0.4, 0.5) is 5.69 Å². The van der Waals surface area contributed by atoms with E-state index in [1.54, 1.807) is 4.90 Å². The van der Waals surface area contributed by atoms with Crippen molar-refractivity contribution >= 4 is 11.6 Å². The highest BCUT2D eigenvalue weighted by atomic mass is 16.6. The van der Waals surface area contributed by atoms with E-state index in [0.717, 1.165) is 5.56 Å². The molecule has 1 saturated heterocycles. The van der Waals surface area contributed by atoms with E-state index in [9.17, 15) is 14.9 Å². The van der Waals surface area contributed by atoms with Crippen molar-refractivity contribution in [2.75, 3.05) is 33.3 Å². The summed E-state index contributed by atoms with van der Waals surface area (Å²) in [5.74, 6) is 1.08. The zero-order valence-electron chi connectivity index (χ0n) is 17.8. The SMILES string of the molecule is COc1ccc([N+](=O)[O-])cc1C(=O)N1CCN(C(C)c2nc(-c3ccccc3)no2)CC1. The van der Waals surface area contributed by atoms with Gasteiger partial charge in [0.05, 0.1) is 23.6 Å². The van der Waals surface area contributed by atoms with E-state index >= 15 is 0 Å². The molecule has 0 aliphatic carbocycles. The van der Waals surface area contributed by atoms with Gasteiger partial charge in [-0.15, -0.1) is 0 Å². The predicted octanol–water partition coefficient (Wildman–Crippen LogP) is 3.17. The van der Waals surface area contributed by atoms with E-state index in [-0.39, 0.29) is 23.2 Å². The average Bonchev–Trinajstić information content (AvgIpc) is 3.33. The summed E-state index contributed by atoms with van der Waals surface area (Å²) in [6.07, 6.45) is 0. The number of aromatic nitrogens is 2. The Morgan fingerprint density at radius 2 is 1.88 bits per heavy atom. The van der Waals surface area contributed by atoms with Gasteiger partial charge < -0.3 is 14.2 Å². The molecular weight excluding hydrogens is 414 g/mol. The molecule has 1 aliphatic heterocycles. The second-order valence-electron chi connectivity index (χ2n) is 7.47. The van der Waals surface area contributed by atoms with Gasteiger partial charge in [-0.3, -0.25) is 19.8 Å². The van der Waals surface area contributed by atoms with Crippen LogP contribution in [0.1, 0.15) is 29.2 Å². The Labute approximate surface area is 184 Å². The molecule has 0 spiro atoms. The summed E-state index contributed by atoms with van der Waals surface area (Å²) in [5.41, 5.74) is 0.927. The van der Waals surface area contributed by atoms with E-state index in [2.05, 4.69) is 15.0 Å². The van der Waals surface area contributed by atoms with Crippen molar-refractivity contribution in [1.29, 1.82) is 0 Å². The monoisotopic (exact) mass is 437 g/mol. The molecule has 2 aromatic carbocycles. The number of piperazine rings is 1. The first-order chi connectivity index (χ1) is 15.5. The fourth-order valence-corrected chi connectivity index (χ4v) is 3.72. The van der Waals surface area contributed by atoms with Crippen LogP contribution in [0.25, 0.3) is 11.4 Å². The van der Waals surface area contributed by atoms with E-state index in [1.807, 2.05) is 37.3 Å². The van der Waals surface area contributed by atoms with Gasteiger partial charge in [0.15, 0.2) is 0 Å². The number of nitro groups is 1. The van der Waals surface area contributed by atoms with Crippen LogP contribution in [0.3, 0.4) is 0 Å². The molecule has 1 unspecified atom stereocenters. The summed E-state index contributed by atoms with van der Waals surface area (Å²) in [6.45, 7) is 4.13. The van der Waals surface area contributed by atoms with Crippen LogP contribution < -0.4 is 4.74 Å². The van der Waals surface area contributed by atoms with Gasteiger partial charge in [0, 0.05) is 43.9 Å². The fraction of sp³-hybridized carbons (Fsp3) is 0.318. The molecule has 32 heavy (non-hydrogen) atoms. The summed E-state index contributed by atoms with van der Waals surface area (Å²) in [7, 11) is 1.44. The molecule has 0 bridgehead atoms. The number of benzene rings is 2. The molecule has 10 nitrogen and oxygen atoms in total. The van der Waals surface area contributed by atoms with Gasteiger partial charge in [-0.25, -0.2) is 0 Å². The first-order valence-electron chi connectivity index (χ1n) is 10.2. The number of hydrogen-bond donors (Lipinski definition) is 0. The number of nitro benzene ring substituents is 1. The second-order valence-corrected chi connectivity index (χ2v) is 7.47. The fourth-order valence-electron chi connectivity index (χ4n) is 3.72. The van der Waals surface area contributed by atoms with Crippen LogP contribution in [-0.2, 0) is 0 Å². The van der Waals surface area contributed by atoms with Gasteiger partial charge >= 0.3 is 0 Å². The molecule has 1 aliphatic rings. The van der Waals surface area contributed by atoms with Crippen molar-refractivity contribution in [2.45, 2.75) is 13.0 Å². The number of carbonyl (C=O) groups excluding carboxylic acids is 1. The summed E-state index contributed by atoms with van der Waals surface area (Å²) in [6, 6.07) is 13.5. The van der Waals surface area contributed by atoms with E-state index < -0.39 is 4.92 Å². The molecule has 1 amide bonds. The maximum Gasteiger partial charge on any atom is 0.270 e. The van der Waals surface area contributed by atoms with Crippen molar-refractivity contribution < 1.29 is 19.0 Å². The highest BCUT2D eigenvalue weighted by molar-refractivity contribution is 5.97. The third kappa shape index (κ3) is 4.30. The van der Waals surface area contributed by atoms with Crippen molar-refractivity contribution in [1.82, 2.24) is 19.9 Å². The Morgan fingerprint density at radius 1 is 1.16 bits per heavy atom. The third-order valence-electron chi connectivity index (χ3n) is 5.60. The lowest BCUT2D eigenvalue weighted by Gasteiger charge is -2.36. The highest BCUT2D eigenvalue weighted by Crippen LogP contribution is 2.27. The summed E-state index contributed by atoms with van der Waals surface area (Å²) >= 11 is 0. The average molecular weight is 437 g/mol. The number of non-ortho nitro benzene ring substituents is 1. The number of rotatable bonds is 6. The number of methoxy groups -OCH3 is 1. The predicted molar refractivity (Wildman–Crippen MR) is 115 cm³/mol. The van der Waals surface area contributed by atoms with Crippen LogP contribution in [0.15, 0.2) is 53.1 Å². The molecule has 4 rings (SSSR count). The van der Waals surface area contributed by atoms with Crippen LogP contribution in [0, 0.1) is 10.1 Å². The van der Waals surface area contributed by atoms with Crippen molar-refractivity contribution in [3.8, 4) is 17.1 Å². The normalized spacial score (nSPS) is 15.4. The van der Waals surface area contributed by atoms with Crippen LogP contribution in [0.5, 0.6) is 5.75 Å². The lowest BCUT2D eigenvalue weighted by atomic mass is 10.1. The number of hydrogen-bond acceptors (Lipinski definition) is 8. The minimum atomic E-state index is -0.524. The number of ether oxygens (including phenoxy) is 1. The Hall–Kier alpha value is -3.79. The van der Waals surface area contributed by atoms with Crippen molar-refractivity contribution in [2.24, 2.45) is 0 Å². The van der Waals surface area contributed by atoms with Crippen LogP contribution >= 0.6 is 0 Å². The molecule has 3 aromatic rings. The second kappa shape index (κ2) is 9.15. The van der Waals surface area contributed by atoms with Gasteiger partial charge in [0.25, 0.3) is 11.6 Å².